The summed E-state index contributed by atoms with van der Waals surface area (Å²) >= 11 is 1.76. The molecule has 0 heterocycles. The van der Waals surface area contributed by atoms with Crippen LogP contribution in [-0.4, -0.2) is 22.2 Å². The summed E-state index contributed by atoms with van der Waals surface area (Å²) in [5, 5.41) is 18.1. The molecule has 0 aliphatic rings. The molecule has 2 N–H and O–H groups in total. The van der Waals surface area contributed by atoms with Crippen LogP contribution in [0.15, 0.2) is 58.3 Å². The predicted molar refractivity (Wildman–Crippen MR) is 79.6 cm³/mol. The van der Waals surface area contributed by atoms with Crippen molar-refractivity contribution in [2.24, 2.45) is 0 Å². The van der Waals surface area contributed by atoms with Gasteiger partial charge in [0.1, 0.15) is 0 Å². The van der Waals surface area contributed by atoms with E-state index in [1.54, 1.807) is 36.4 Å². The normalized spacial score (nSPS) is 10.3. The third-order valence-electron chi connectivity index (χ3n) is 2.48. The molecule has 21 heavy (non-hydrogen) atoms. The van der Waals surface area contributed by atoms with Crippen LogP contribution in [0.5, 0.6) is 0 Å². The average Bonchev–Trinajstić information content (AvgIpc) is 2.48. The van der Waals surface area contributed by atoms with Crippen LogP contribution < -0.4 is 0 Å². The molecule has 0 aliphatic heterocycles. The van der Waals surface area contributed by atoms with Crippen molar-refractivity contribution in [2.75, 3.05) is 0 Å². The van der Waals surface area contributed by atoms with E-state index in [9.17, 15) is 9.59 Å². The molecule has 7 heteroatoms. The summed E-state index contributed by atoms with van der Waals surface area (Å²) in [4.78, 5) is 23.0. The summed E-state index contributed by atoms with van der Waals surface area (Å²) in [7, 11) is 0. The highest BCUT2D eigenvalue weighted by Crippen LogP contribution is 2.33. The summed E-state index contributed by atoms with van der Waals surface area (Å²) < 4.78 is 5.29. The van der Waals surface area contributed by atoms with Crippen LogP contribution in [-0.2, 0) is 3.63 Å². The van der Waals surface area contributed by atoms with Gasteiger partial charge in [-0.2, -0.15) is 0 Å². The molecule has 0 saturated heterocycles. The van der Waals surface area contributed by atoms with Gasteiger partial charge in [-0.25, -0.2) is 13.2 Å². The molecule has 5 nitrogen and oxygen atoms in total. The van der Waals surface area contributed by atoms with Crippen LogP contribution in [0.1, 0.15) is 20.7 Å². The molecule has 0 bridgehead atoms. The Kier molecular flexibility index (Phi) is 5.26. The number of rotatable bonds is 6. The van der Waals surface area contributed by atoms with E-state index in [-0.39, 0.29) is 11.1 Å². The third kappa shape index (κ3) is 4.01. The van der Waals surface area contributed by atoms with E-state index in [0.717, 1.165) is 24.1 Å². The first-order valence-corrected chi connectivity index (χ1v) is 7.23. The number of hydrogen-bond acceptors (Lipinski definition) is 5. The first kappa shape index (κ1) is 15.4. The Balaban J connectivity index is 2.06. The predicted octanol–water partition coefficient (Wildman–Crippen LogP) is 3.81. The molecule has 2 aromatic rings. The van der Waals surface area contributed by atoms with Gasteiger partial charge in [0.05, 0.1) is 20.9 Å². The van der Waals surface area contributed by atoms with Gasteiger partial charge in [-0.1, -0.05) is 24.3 Å². The quantitative estimate of drug-likeness (QED) is 0.782. The Morgan fingerprint density at radius 3 is 1.52 bits per heavy atom. The maximum Gasteiger partial charge on any atom is 0.336 e. The number of carbonyl (C=O) groups is 2. The zero-order valence-corrected chi connectivity index (χ0v) is 12.2. The lowest BCUT2D eigenvalue weighted by atomic mass is 10.2. The average molecular weight is 322 g/mol. The summed E-state index contributed by atoms with van der Waals surface area (Å²) in [6.07, 6.45) is 0. The second-order valence-electron chi connectivity index (χ2n) is 3.84. The Labute approximate surface area is 129 Å². The highest BCUT2D eigenvalue weighted by molar-refractivity contribution is 8.08. The molecule has 0 radical (unpaired) electrons. The maximum absolute atomic E-state index is 11.0. The Morgan fingerprint density at radius 2 is 1.14 bits per heavy atom. The van der Waals surface area contributed by atoms with E-state index in [0.29, 0.717) is 9.79 Å². The number of carboxylic acid groups (broad SMARTS) is 2. The van der Waals surface area contributed by atoms with Crippen molar-refractivity contribution in [3.63, 3.8) is 0 Å². The van der Waals surface area contributed by atoms with Gasteiger partial charge in [-0.05, 0) is 24.3 Å². The van der Waals surface area contributed by atoms with Crippen molar-refractivity contribution in [3.8, 4) is 0 Å². The monoisotopic (exact) mass is 322 g/mol. The summed E-state index contributed by atoms with van der Waals surface area (Å²) in [5.74, 6) is -2.09. The van der Waals surface area contributed by atoms with Crippen molar-refractivity contribution in [1.29, 1.82) is 0 Å². The third-order valence-corrected chi connectivity index (χ3v) is 4.10. The van der Waals surface area contributed by atoms with Crippen LogP contribution in [0.3, 0.4) is 0 Å². The molecule has 0 atom stereocenters. The van der Waals surface area contributed by atoms with Gasteiger partial charge >= 0.3 is 11.9 Å². The van der Waals surface area contributed by atoms with Crippen LogP contribution in [0, 0.1) is 0 Å². The molecular weight excluding hydrogens is 312 g/mol. The molecule has 0 aromatic heterocycles. The van der Waals surface area contributed by atoms with Gasteiger partial charge in [-0.3, -0.25) is 0 Å². The summed E-state index contributed by atoms with van der Waals surface area (Å²) in [6, 6.07) is 12.9. The standard InChI is InChI=1S/C14H10O5S2/c15-13(16)9-5-1-3-7-11(9)20-19-21-12-8-4-2-6-10(12)14(17)18/h1-8H,(H,15,16)(H,17,18). The van der Waals surface area contributed by atoms with E-state index >= 15 is 0 Å². The minimum Gasteiger partial charge on any atom is -0.478 e. The summed E-state index contributed by atoms with van der Waals surface area (Å²) in [5.41, 5.74) is 0.268. The van der Waals surface area contributed by atoms with E-state index in [1.165, 1.54) is 12.1 Å². The van der Waals surface area contributed by atoms with Crippen molar-refractivity contribution in [2.45, 2.75) is 9.79 Å². The fourth-order valence-corrected chi connectivity index (χ4v) is 3.00. The zero-order valence-electron chi connectivity index (χ0n) is 10.6. The fourth-order valence-electron chi connectivity index (χ4n) is 1.52. The van der Waals surface area contributed by atoms with Gasteiger partial charge in [0.2, 0.25) is 0 Å². The molecule has 2 aromatic carbocycles. The number of benzene rings is 2. The van der Waals surface area contributed by atoms with Crippen molar-refractivity contribution < 1.29 is 23.4 Å². The second kappa shape index (κ2) is 7.16. The molecule has 0 aliphatic carbocycles. The molecule has 2 rings (SSSR count). The van der Waals surface area contributed by atoms with Crippen molar-refractivity contribution >= 4 is 36.0 Å². The topological polar surface area (TPSA) is 83.8 Å². The van der Waals surface area contributed by atoms with Gasteiger partial charge < -0.3 is 10.2 Å². The highest BCUT2D eigenvalue weighted by Gasteiger charge is 2.13. The van der Waals surface area contributed by atoms with Crippen molar-refractivity contribution in [3.05, 3.63) is 59.7 Å². The van der Waals surface area contributed by atoms with Gasteiger partial charge in [0, 0.05) is 24.1 Å². The Morgan fingerprint density at radius 1 is 0.762 bits per heavy atom. The lowest BCUT2D eigenvalue weighted by Gasteiger charge is -2.06. The van der Waals surface area contributed by atoms with E-state index in [1.807, 2.05) is 0 Å². The molecule has 0 amide bonds. The number of carboxylic acids is 2. The maximum atomic E-state index is 11.0. The van der Waals surface area contributed by atoms with Crippen LogP contribution in [0.4, 0.5) is 0 Å². The molecule has 108 valence electrons. The lowest BCUT2D eigenvalue weighted by molar-refractivity contribution is 0.0682. The first-order chi connectivity index (χ1) is 10.1. The molecular formula is C14H10O5S2. The number of hydrogen-bond donors (Lipinski definition) is 2. The Bertz CT molecular complexity index is 614. The van der Waals surface area contributed by atoms with Crippen molar-refractivity contribution in [1.82, 2.24) is 0 Å². The molecule has 0 saturated carbocycles. The summed E-state index contributed by atoms with van der Waals surface area (Å²) in [6.45, 7) is 0. The van der Waals surface area contributed by atoms with E-state index in [4.69, 9.17) is 13.8 Å². The van der Waals surface area contributed by atoms with Gasteiger partial charge in [-0.15, -0.1) is 0 Å². The van der Waals surface area contributed by atoms with Crippen LogP contribution in [0.25, 0.3) is 0 Å². The minimum atomic E-state index is -1.04. The number of aromatic carboxylic acids is 2. The van der Waals surface area contributed by atoms with E-state index < -0.39 is 11.9 Å². The van der Waals surface area contributed by atoms with Crippen LogP contribution in [0.2, 0.25) is 0 Å². The molecule has 0 unspecified atom stereocenters. The largest absolute Gasteiger partial charge is 0.478 e. The highest BCUT2D eigenvalue weighted by atomic mass is 32.2. The van der Waals surface area contributed by atoms with Gasteiger partial charge in [0.15, 0.2) is 0 Å². The first-order valence-electron chi connectivity index (χ1n) is 5.75. The Hall–Kier alpha value is -1.96. The van der Waals surface area contributed by atoms with Gasteiger partial charge in [0.25, 0.3) is 0 Å². The second-order valence-corrected chi connectivity index (χ2v) is 5.59. The SMILES string of the molecule is O=C(O)c1ccccc1SOSc1ccccc1C(=O)O. The molecule has 0 spiro atoms. The van der Waals surface area contributed by atoms with Crippen LogP contribution >= 0.6 is 24.1 Å². The van der Waals surface area contributed by atoms with E-state index in [2.05, 4.69) is 0 Å². The smallest absolute Gasteiger partial charge is 0.336 e. The molecule has 0 fully saturated rings. The zero-order chi connectivity index (χ0) is 15.2. The fraction of sp³-hybridized carbons (Fsp3) is 0. The lowest BCUT2D eigenvalue weighted by Crippen LogP contribution is -1.99. The minimum absolute atomic E-state index is 0.134.